The summed E-state index contributed by atoms with van der Waals surface area (Å²) in [5, 5.41) is 25.4. The van der Waals surface area contributed by atoms with Gasteiger partial charge in [0.25, 0.3) is 0 Å². The van der Waals surface area contributed by atoms with Crippen molar-refractivity contribution in [2.45, 2.75) is 13.2 Å². The van der Waals surface area contributed by atoms with Crippen molar-refractivity contribution in [2.75, 3.05) is 0 Å². The summed E-state index contributed by atoms with van der Waals surface area (Å²) in [4.78, 5) is 0. The minimum absolute atomic E-state index is 0.0166. The summed E-state index contributed by atoms with van der Waals surface area (Å²) in [6, 6.07) is 46.3. The van der Waals surface area contributed by atoms with Crippen molar-refractivity contribution in [2.24, 2.45) is 0 Å². The largest absolute Gasteiger partial charge is 0.392 e. The molecule has 0 aliphatic rings. The van der Waals surface area contributed by atoms with Gasteiger partial charge in [-0.05, 0) is 41.5 Å². The maximum absolute atomic E-state index is 10.9. The average Bonchev–Trinajstić information content (AvgIpc) is 3.57. The van der Waals surface area contributed by atoms with Gasteiger partial charge in [0.1, 0.15) is 0 Å². The van der Waals surface area contributed by atoms with E-state index in [0.29, 0.717) is 0 Å². The van der Waals surface area contributed by atoms with E-state index in [1.54, 1.807) is 0 Å². The predicted molar refractivity (Wildman–Crippen MR) is 172 cm³/mol. The van der Waals surface area contributed by atoms with Crippen LogP contribution < -0.4 is 0 Å². The van der Waals surface area contributed by atoms with Crippen molar-refractivity contribution in [1.82, 2.24) is 9.13 Å². The van der Waals surface area contributed by atoms with E-state index >= 15 is 0 Å². The molecule has 2 aromatic heterocycles. The first-order valence-corrected chi connectivity index (χ1v) is 14.2. The number of fused-ring (bicyclic) bond motifs is 6. The monoisotopic (exact) mass is 544 g/mol. The van der Waals surface area contributed by atoms with Gasteiger partial charge in [0.15, 0.2) is 0 Å². The number of para-hydroxylation sites is 3. The molecule has 0 amide bonds. The Hall–Kier alpha value is -5.16. The number of nitrogens with zero attached hydrogens (tertiary/aromatic N) is 2. The molecule has 0 bridgehead atoms. The molecule has 0 aliphatic carbocycles. The van der Waals surface area contributed by atoms with Crippen LogP contribution in [0.25, 0.3) is 66.1 Å². The lowest BCUT2D eigenvalue weighted by atomic mass is 9.98. The normalized spacial score (nSPS) is 11.8. The van der Waals surface area contributed by atoms with E-state index in [4.69, 9.17) is 0 Å². The summed E-state index contributed by atoms with van der Waals surface area (Å²) in [6.07, 6.45) is 0. The highest BCUT2D eigenvalue weighted by atomic mass is 16.3. The lowest BCUT2D eigenvalue weighted by molar-refractivity contribution is 0.281. The molecule has 2 N–H and O–H groups in total. The van der Waals surface area contributed by atoms with E-state index < -0.39 is 0 Å². The highest BCUT2D eigenvalue weighted by molar-refractivity contribution is 6.12. The highest BCUT2D eigenvalue weighted by Crippen LogP contribution is 2.43. The van der Waals surface area contributed by atoms with Gasteiger partial charge in [0.05, 0.1) is 46.7 Å². The standard InChI is InChI=1S/C38H28N2O2/c41-23-25-18-21-36-32(22-25)31-14-6-9-17-35(31)40(36)38-28(26-10-2-1-3-11-26)20-19-27(24-42)37(38)39-33-15-7-4-12-29(33)30-13-5-8-16-34(30)39/h1-22,41-42H,23-24H2. The third kappa shape index (κ3) is 3.56. The average molecular weight is 545 g/mol. The van der Waals surface area contributed by atoms with Crippen LogP contribution >= 0.6 is 0 Å². The summed E-state index contributed by atoms with van der Waals surface area (Å²) in [6.45, 7) is -0.124. The van der Waals surface area contributed by atoms with Crippen LogP contribution in [0.5, 0.6) is 0 Å². The number of benzene rings is 6. The summed E-state index contributed by atoms with van der Waals surface area (Å²) < 4.78 is 4.66. The predicted octanol–water partition coefficient (Wildman–Crippen LogP) is 8.53. The lowest BCUT2D eigenvalue weighted by Gasteiger charge is -2.23. The maximum Gasteiger partial charge on any atom is 0.0785 e. The molecular weight excluding hydrogens is 516 g/mol. The Morgan fingerprint density at radius 3 is 1.55 bits per heavy atom. The van der Waals surface area contributed by atoms with Crippen molar-refractivity contribution in [3.05, 3.63) is 145 Å². The third-order valence-electron chi connectivity index (χ3n) is 8.44. The third-order valence-corrected chi connectivity index (χ3v) is 8.44. The van der Waals surface area contributed by atoms with Crippen molar-refractivity contribution in [3.63, 3.8) is 0 Å². The fourth-order valence-electron chi connectivity index (χ4n) is 6.60. The molecule has 8 aromatic rings. The van der Waals surface area contributed by atoms with E-state index in [1.165, 1.54) is 10.8 Å². The minimum atomic E-state index is -0.107. The first-order valence-electron chi connectivity index (χ1n) is 14.2. The zero-order valence-corrected chi connectivity index (χ0v) is 22.9. The molecule has 4 nitrogen and oxygen atoms in total. The number of hydrogen-bond acceptors (Lipinski definition) is 2. The number of aliphatic hydroxyl groups excluding tert-OH is 2. The zero-order chi connectivity index (χ0) is 28.2. The fourth-order valence-corrected chi connectivity index (χ4v) is 6.60. The molecule has 0 spiro atoms. The van der Waals surface area contributed by atoms with Crippen LogP contribution in [0.1, 0.15) is 11.1 Å². The second-order valence-corrected chi connectivity index (χ2v) is 10.7. The smallest absolute Gasteiger partial charge is 0.0785 e. The zero-order valence-electron chi connectivity index (χ0n) is 22.9. The van der Waals surface area contributed by atoms with Gasteiger partial charge >= 0.3 is 0 Å². The highest BCUT2D eigenvalue weighted by Gasteiger charge is 2.24. The van der Waals surface area contributed by atoms with Crippen LogP contribution in [-0.2, 0) is 13.2 Å². The van der Waals surface area contributed by atoms with Gasteiger partial charge in [-0.2, -0.15) is 0 Å². The summed E-state index contributed by atoms with van der Waals surface area (Å²) >= 11 is 0. The van der Waals surface area contributed by atoms with E-state index in [2.05, 4.69) is 130 Å². The van der Waals surface area contributed by atoms with Crippen LogP contribution in [0, 0.1) is 0 Å². The molecule has 0 atom stereocenters. The second-order valence-electron chi connectivity index (χ2n) is 10.7. The Labute approximate surface area is 242 Å². The molecular formula is C38H28N2O2. The Morgan fingerprint density at radius 2 is 0.952 bits per heavy atom. The first-order chi connectivity index (χ1) is 20.8. The molecule has 202 valence electrons. The van der Waals surface area contributed by atoms with Gasteiger partial charge in [-0.25, -0.2) is 0 Å². The van der Waals surface area contributed by atoms with Crippen LogP contribution in [0.2, 0.25) is 0 Å². The molecule has 6 aromatic carbocycles. The minimum Gasteiger partial charge on any atom is -0.392 e. The van der Waals surface area contributed by atoms with Gasteiger partial charge in [0.2, 0.25) is 0 Å². The second kappa shape index (κ2) is 9.74. The van der Waals surface area contributed by atoms with Crippen LogP contribution in [0.4, 0.5) is 0 Å². The van der Waals surface area contributed by atoms with E-state index in [1.807, 2.05) is 12.1 Å². The molecule has 4 heteroatoms. The van der Waals surface area contributed by atoms with Gasteiger partial charge in [0, 0.05) is 32.7 Å². The van der Waals surface area contributed by atoms with Gasteiger partial charge < -0.3 is 19.3 Å². The fraction of sp³-hybridized carbons (Fsp3) is 0.0526. The molecule has 0 radical (unpaired) electrons. The summed E-state index contributed by atoms with van der Waals surface area (Å²) in [5.74, 6) is 0. The molecule has 2 heterocycles. The van der Waals surface area contributed by atoms with Crippen LogP contribution in [0.15, 0.2) is 133 Å². The van der Waals surface area contributed by atoms with Crippen molar-refractivity contribution >= 4 is 43.6 Å². The number of aliphatic hydroxyl groups is 2. The van der Waals surface area contributed by atoms with Gasteiger partial charge in [-0.15, -0.1) is 0 Å². The number of aromatic nitrogens is 2. The van der Waals surface area contributed by atoms with Crippen molar-refractivity contribution < 1.29 is 10.2 Å². The molecule has 0 saturated heterocycles. The van der Waals surface area contributed by atoms with Crippen molar-refractivity contribution in [1.29, 1.82) is 0 Å². The van der Waals surface area contributed by atoms with Gasteiger partial charge in [-0.1, -0.05) is 103 Å². The van der Waals surface area contributed by atoms with E-state index in [-0.39, 0.29) is 13.2 Å². The Bertz CT molecular complexity index is 2220. The lowest BCUT2D eigenvalue weighted by Crippen LogP contribution is -2.09. The molecule has 42 heavy (non-hydrogen) atoms. The quantitative estimate of drug-likeness (QED) is 0.228. The van der Waals surface area contributed by atoms with Gasteiger partial charge in [-0.3, -0.25) is 0 Å². The number of rotatable bonds is 5. The molecule has 8 rings (SSSR count). The van der Waals surface area contributed by atoms with Crippen molar-refractivity contribution in [3.8, 4) is 22.5 Å². The molecule has 0 saturated carbocycles. The Morgan fingerprint density at radius 1 is 0.429 bits per heavy atom. The van der Waals surface area contributed by atoms with E-state index in [9.17, 15) is 10.2 Å². The maximum atomic E-state index is 10.9. The molecule has 0 aliphatic heterocycles. The topological polar surface area (TPSA) is 50.3 Å². The van der Waals surface area contributed by atoms with Crippen LogP contribution in [0.3, 0.4) is 0 Å². The Kier molecular flexibility index (Phi) is 5.71. The Balaban J connectivity index is 1.63. The number of hydrogen-bond donors (Lipinski definition) is 2. The molecule has 0 fully saturated rings. The SMILES string of the molecule is OCc1ccc2c(c1)c1ccccc1n2-c1c(-c2ccccc2)ccc(CO)c1-n1c2ccccc2c2ccccc21. The summed E-state index contributed by atoms with van der Waals surface area (Å²) in [7, 11) is 0. The first kappa shape index (κ1) is 24.6. The van der Waals surface area contributed by atoms with E-state index in [0.717, 1.165) is 66.5 Å². The van der Waals surface area contributed by atoms with Crippen LogP contribution in [-0.4, -0.2) is 19.3 Å². The molecule has 0 unspecified atom stereocenters. The summed E-state index contributed by atoms with van der Waals surface area (Å²) in [5.41, 5.74) is 10.1.